The largest absolute Gasteiger partial charge is 0.508 e. The molecule has 0 radical (unpaired) electrons. The molecule has 55 heavy (non-hydrogen) atoms. The molecule has 0 amide bonds. The van der Waals surface area contributed by atoms with Crippen LogP contribution in [0.2, 0.25) is 0 Å². The number of hydrogen-bond acceptors (Lipinski definition) is 15. The number of phenols is 1. The van der Waals surface area contributed by atoms with Gasteiger partial charge in [-0.15, -0.1) is 0 Å². The number of esters is 4. The molecule has 1 heterocycles. The van der Waals surface area contributed by atoms with Crippen LogP contribution in [0.4, 0.5) is 0 Å². The van der Waals surface area contributed by atoms with E-state index in [4.69, 9.17) is 28.4 Å². The van der Waals surface area contributed by atoms with Gasteiger partial charge in [0.2, 0.25) is 0 Å². The van der Waals surface area contributed by atoms with Crippen molar-refractivity contribution >= 4 is 29.7 Å². The zero-order chi connectivity index (χ0) is 40.5. The van der Waals surface area contributed by atoms with E-state index in [0.717, 1.165) is 5.57 Å². The molecule has 4 fully saturated rings. The van der Waals surface area contributed by atoms with Gasteiger partial charge < -0.3 is 48.8 Å². The highest BCUT2D eigenvalue weighted by Gasteiger charge is 2.81. The van der Waals surface area contributed by atoms with Crippen molar-refractivity contribution in [1.29, 1.82) is 0 Å². The Morgan fingerprint density at radius 2 is 1.40 bits per heavy atom. The molecule has 5 aliphatic rings. The van der Waals surface area contributed by atoms with E-state index in [9.17, 15) is 44.4 Å². The predicted octanol–water partition coefficient (Wildman–Crippen LogP) is 2.97. The molecule has 1 saturated heterocycles. The van der Waals surface area contributed by atoms with Gasteiger partial charge in [0, 0.05) is 26.7 Å². The molecule has 302 valence electrons. The summed E-state index contributed by atoms with van der Waals surface area (Å²) in [6, 6.07) is 5.43. The minimum atomic E-state index is -2.12. The topological polar surface area (TPSA) is 222 Å². The van der Waals surface area contributed by atoms with Crippen molar-refractivity contribution in [3.63, 3.8) is 0 Å². The molecule has 15 nitrogen and oxygen atoms in total. The summed E-state index contributed by atoms with van der Waals surface area (Å²) in [7, 11) is 0. The zero-order valence-corrected chi connectivity index (χ0v) is 32.2. The Labute approximate surface area is 319 Å². The third-order valence-electron chi connectivity index (χ3n) is 13.4. The molecule has 4 N–H and O–H groups in total. The van der Waals surface area contributed by atoms with Gasteiger partial charge in [-0.25, -0.2) is 4.79 Å². The van der Waals surface area contributed by atoms with Crippen molar-refractivity contribution in [3.05, 3.63) is 41.5 Å². The number of hydrogen-bond donors (Lipinski definition) is 4. The summed E-state index contributed by atoms with van der Waals surface area (Å²) < 4.78 is 35.3. The number of Topliss-reactive ketones (excluding diaryl/α,β-unsaturated/α-hetero) is 1. The Morgan fingerprint density at radius 1 is 0.800 bits per heavy atom. The first-order chi connectivity index (χ1) is 25.6. The van der Waals surface area contributed by atoms with Gasteiger partial charge in [0.25, 0.3) is 0 Å². The van der Waals surface area contributed by atoms with Crippen molar-refractivity contribution in [1.82, 2.24) is 0 Å². The van der Waals surface area contributed by atoms with E-state index in [1.807, 2.05) is 13.0 Å². The molecule has 1 aliphatic heterocycles. The number of rotatable bonds is 8. The van der Waals surface area contributed by atoms with Crippen LogP contribution in [0.1, 0.15) is 104 Å². The number of carbonyl (C=O) groups is 5. The van der Waals surface area contributed by atoms with E-state index in [2.05, 4.69) is 0 Å². The van der Waals surface area contributed by atoms with Crippen molar-refractivity contribution in [2.24, 2.45) is 16.7 Å². The minimum Gasteiger partial charge on any atom is -0.508 e. The summed E-state index contributed by atoms with van der Waals surface area (Å²) in [4.78, 5) is 63.2. The molecular weight excluding hydrogens is 720 g/mol. The maximum Gasteiger partial charge on any atom is 0.338 e. The Kier molecular flexibility index (Phi) is 10.6. The van der Waals surface area contributed by atoms with E-state index in [1.54, 1.807) is 6.92 Å². The van der Waals surface area contributed by atoms with Gasteiger partial charge in [-0.1, -0.05) is 18.6 Å². The van der Waals surface area contributed by atoms with Crippen LogP contribution in [-0.4, -0.2) is 110 Å². The molecule has 6 rings (SSSR count). The summed E-state index contributed by atoms with van der Waals surface area (Å²) in [5.74, 6) is -4.20. The predicted molar refractivity (Wildman–Crippen MR) is 189 cm³/mol. The maximum absolute atomic E-state index is 13.6. The fraction of sp³-hybridized carbons (Fsp3) is 0.675. The summed E-state index contributed by atoms with van der Waals surface area (Å²) in [6.45, 7) is 9.89. The number of phenolic OH excluding ortho intramolecular Hbond substituents is 1. The molecule has 1 aromatic rings. The Morgan fingerprint density at radius 3 is 2.00 bits per heavy atom. The van der Waals surface area contributed by atoms with Crippen LogP contribution >= 0.6 is 0 Å². The fourth-order valence-corrected chi connectivity index (χ4v) is 10.5. The van der Waals surface area contributed by atoms with Crippen molar-refractivity contribution in [3.8, 4) is 5.75 Å². The van der Waals surface area contributed by atoms with Crippen LogP contribution in [0.5, 0.6) is 5.75 Å². The summed E-state index contributed by atoms with van der Waals surface area (Å²) in [5, 5.41) is 47.4. The average Bonchev–Trinajstić information content (AvgIpc) is 3.33. The fourth-order valence-electron chi connectivity index (χ4n) is 10.5. The van der Waals surface area contributed by atoms with Crippen LogP contribution in [0, 0.1) is 16.7 Å². The van der Waals surface area contributed by atoms with Gasteiger partial charge in [0.15, 0.2) is 30.4 Å². The van der Waals surface area contributed by atoms with E-state index in [-0.39, 0.29) is 37.0 Å². The Balaban J connectivity index is 1.31. The normalized spacial score (nSPS) is 42.0. The van der Waals surface area contributed by atoms with Gasteiger partial charge >= 0.3 is 23.9 Å². The Bertz CT molecular complexity index is 1760. The summed E-state index contributed by atoms with van der Waals surface area (Å²) in [5.41, 5.74) is -7.57. The third kappa shape index (κ3) is 6.45. The van der Waals surface area contributed by atoms with E-state index < -0.39 is 106 Å². The second-order valence-corrected chi connectivity index (χ2v) is 16.4. The molecule has 0 unspecified atom stereocenters. The van der Waals surface area contributed by atoms with Crippen LogP contribution in [0.3, 0.4) is 0 Å². The zero-order valence-electron chi connectivity index (χ0n) is 32.2. The van der Waals surface area contributed by atoms with Gasteiger partial charge in [-0.05, 0) is 95.4 Å². The summed E-state index contributed by atoms with van der Waals surface area (Å²) in [6.07, 6.45) is -4.64. The first-order valence-corrected chi connectivity index (χ1v) is 18.8. The molecule has 15 heteroatoms. The van der Waals surface area contributed by atoms with Crippen molar-refractivity contribution in [2.45, 2.75) is 153 Å². The minimum absolute atomic E-state index is 0.00741. The third-order valence-corrected chi connectivity index (χ3v) is 13.4. The lowest BCUT2D eigenvalue weighted by atomic mass is 9.42. The number of benzene rings is 1. The number of aromatic hydroxyl groups is 1. The molecular formula is C40H52O15. The second kappa shape index (κ2) is 14.2. The molecule has 0 bridgehead atoms. The molecule has 1 aromatic carbocycles. The SMILES string of the molecule is CC(=O)O[C@@H]1[C@@H](OC(C)=O)[C@H](C)O[C@@H](O[C@H]2CC[C@@]3(C)C(=CC[C@]4(O)[C@@H]3C[C@@H](OC(=O)c3ccc(O)cc3)[C@@]3(C)[C@]4(O)CC[C@@]3(O)C(C)=O)C2)[C@@H]1OC(C)=O. The molecule has 3 saturated carbocycles. The number of aliphatic hydroxyl groups is 3. The monoisotopic (exact) mass is 772 g/mol. The highest BCUT2D eigenvalue weighted by molar-refractivity contribution is 5.90. The van der Waals surface area contributed by atoms with Crippen LogP contribution in [0.25, 0.3) is 0 Å². The first-order valence-electron chi connectivity index (χ1n) is 18.8. The van der Waals surface area contributed by atoms with E-state index in [0.29, 0.717) is 19.3 Å². The summed E-state index contributed by atoms with van der Waals surface area (Å²) >= 11 is 0. The van der Waals surface area contributed by atoms with Crippen molar-refractivity contribution in [2.75, 3.05) is 0 Å². The first kappa shape index (κ1) is 40.8. The van der Waals surface area contributed by atoms with E-state index in [1.165, 1.54) is 58.9 Å². The molecule has 4 aliphatic carbocycles. The highest BCUT2D eigenvalue weighted by Crippen LogP contribution is 2.71. The van der Waals surface area contributed by atoms with Gasteiger partial charge in [0.05, 0.1) is 23.2 Å². The second-order valence-electron chi connectivity index (χ2n) is 16.4. The lowest BCUT2D eigenvalue weighted by Gasteiger charge is -2.67. The molecule has 13 atom stereocenters. The van der Waals surface area contributed by atoms with Crippen LogP contribution < -0.4 is 0 Å². The Hall–Kier alpha value is -3.89. The lowest BCUT2D eigenvalue weighted by Crippen LogP contribution is -2.78. The maximum atomic E-state index is 13.6. The molecule has 0 aromatic heterocycles. The smallest absolute Gasteiger partial charge is 0.338 e. The standard InChI is InChI=1S/C40H52O15/c1-20-31(51-22(3)42)32(52-23(4)43)33(53-24(5)44)35(50-20)54-28-13-14-36(6)26(18-28)12-15-39(48)29(36)19-30(55-34(46)25-8-10-27(45)11-9-25)37(7)38(47,21(2)41)16-17-40(37,39)49/h8-12,20,28-33,35,45,47-49H,13-19H2,1-7H3/t20-,28-,29+,30+,31-,32+,33+,35-,36-,37+,38+,39-,40+/m0/s1. The highest BCUT2D eigenvalue weighted by atomic mass is 16.7. The number of carbonyl (C=O) groups excluding carboxylic acids is 5. The van der Waals surface area contributed by atoms with Gasteiger partial charge in [-0.2, -0.15) is 0 Å². The molecule has 0 spiro atoms. The van der Waals surface area contributed by atoms with Crippen molar-refractivity contribution < 1.29 is 72.8 Å². The van der Waals surface area contributed by atoms with Gasteiger partial charge in [-0.3, -0.25) is 19.2 Å². The van der Waals surface area contributed by atoms with E-state index >= 15 is 0 Å². The number of ketones is 1. The number of fused-ring (bicyclic) bond motifs is 5. The quantitative estimate of drug-likeness (QED) is 0.170. The van der Waals surface area contributed by atoms with Gasteiger partial charge in [0.1, 0.15) is 28.7 Å². The average molecular weight is 773 g/mol. The number of ether oxygens (including phenoxy) is 6. The van der Waals surface area contributed by atoms with Crippen LogP contribution in [-0.2, 0) is 47.6 Å². The van der Waals surface area contributed by atoms with Crippen LogP contribution in [0.15, 0.2) is 35.9 Å². The lowest BCUT2D eigenvalue weighted by molar-refractivity contribution is -0.318.